The summed E-state index contributed by atoms with van der Waals surface area (Å²) >= 11 is 5.03. The van der Waals surface area contributed by atoms with Crippen molar-refractivity contribution >= 4 is 17.2 Å². The van der Waals surface area contributed by atoms with Gasteiger partial charge in [0.2, 0.25) is 0 Å². The van der Waals surface area contributed by atoms with Crippen LogP contribution in [0.5, 0.6) is 5.75 Å². The molecule has 2 N–H and O–H groups in total. The van der Waals surface area contributed by atoms with Gasteiger partial charge in [0.05, 0.1) is 25.9 Å². The van der Waals surface area contributed by atoms with E-state index in [4.69, 9.17) is 27.4 Å². The first kappa shape index (κ1) is 15.2. The molecule has 5 heteroatoms. The number of benzene rings is 1. The summed E-state index contributed by atoms with van der Waals surface area (Å²) in [5.41, 5.74) is 7.69. The van der Waals surface area contributed by atoms with Crippen LogP contribution >= 0.6 is 12.2 Å². The van der Waals surface area contributed by atoms with Gasteiger partial charge < -0.3 is 15.2 Å². The van der Waals surface area contributed by atoms with Crippen LogP contribution in [0.25, 0.3) is 0 Å². The fourth-order valence-corrected chi connectivity index (χ4v) is 2.71. The molecule has 1 saturated heterocycles. The van der Waals surface area contributed by atoms with Gasteiger partial charge in [-0.2, -0.15) is 0 Å². The molecule has 1 heterocycles. The lowest BCUT2D eigenvalue weighted by molar-refractivity contribution is -0.0127. The number of morpholine rings is 1. The minimum Gasteiger partial charge on any atom is -0.496 e. The van der Waals surface area contributed by atoms with Gasteiger partial charge >= 0.3 is 0 Å². The fraction of sp³-hybridized carbons (Fsp3) is 0.533. The fourth-order valence-electron chi connectivity index (χ4n) is 2.55. The molecule has 1 aliphatic rings. The van der Waals surface area contributed by atoms with Crippen molar-refractivity contribution in [3.63, 3.8) is 0 Å². The minimum absolute atomic E-state index is 0.367. The molecular weight excluding hydrogens is 272 g/mol. The van der Waals surface area contributed by atoms with Crippen LogP contribution in [0.15, 0.2) is 18.2 Å². The van der Waals surface area contributed by atoms with Crippen molar-refractivity contribution in [2.75, 3.05) is 26.9 Å². The van der Waals surface area contributed by atoms with Gasteiger partial charge in [-0.3, -0.25) is 4.90 Å². The molecule has 1 aromatic carbocycles. The highest BCUT2D eigenvalue weighted by Gasteiger charge is 2.21. The lowest BCUT2D eigenvalue weighted by atomic mass is 10.1. The standard InChI is InChI=1S/C15H22N2O2S/c1-3-12-10-19-7-6-17(12)9-11-4-5-13(15(16)20)14(8-11)18-2/h4-5,8,12H,3,6-7,9-10H2,1-2H3,(H2,16,20). The molecule has 0 spiro atoms. The van der Waals surface area contributed by atoms with Gasteiger partial charge in [0, 0.05) is 19.1 Å². The third-order valence-corrected chi connectivity index (χ3v) is 3.96. The molecule has 1 aromatic rings. The second-order valence-electron chi connectivity index (χ2n) is 5.01. The van der Waals surface area contributed by atoms with Crippen molar-refractivity contribution in [1.29, 1.82) is 0 Å². The van der Waals surface area contributed by atoms with Crippen molar-refractivity contribution < 1.29 is 9.47 Å². The van der Waals surface area contributed by atoms with Crippen LogP contribution in [0.3, 0.4) is 0 Å². The van der Waals surface area contributed by atoms with Crippen LogP contribution < -0.4 is 10.5 Å². The molecular formula is C15H22N2O2S. The van der Waals surface area contributed by atoms with E-state index in [0.29, 0.717) is 11.0 Å². The monoisotopic (exact) mass is 294 g/mol. The normalized spacial score (nSPS) is 19.8. The molecule has 110 valence electrons. The molecule has 0 aliphatic carbocycles. The lowest BCUT2D eigenvalue weighted by Gasteiger charge is -2.35. The number of nitrogens with zero attached hydrogens (tertiary/aromatic N) is 1. The molecule has 0 radical (unpaired) electrons. The van der Waals surface area contributed by atoms with E-state index in [1.807, 2.05) is 12.1 Å². The molecule has 1 aliphatic heterocycles. The van der Waals surface area contributed by atoms with Crippen molar-refractivity contribution in [2.45, 2.75) is 25.9 Å². The maximum absolute atomic E-state index is 5.69. The highest BCUT2D eigenvalue weighted by atomic mass is 32.1. The number of methoxy groups -OCH3 is 1. The second kappa shape index (κ2) is 7.02. The summed E-state index contributed by atoms with van der Waals surface area (Å²) in [7, 11) is 1.64. The number of rotatable bonds is 5. The van der Waals surface area contributed by atoms with E-state index in [2.05, 4.69) is 17.9 Å². The second-order valence-corrected chi connectivity index (χ2v) is 5.45. The molecule has 2 rings (SSSR count). The highest BCUT2D eigenvalue weighted by Crippen LogP contribution is 2.22. The first-order valence-corrected chi connectivity index (χ1v) is 7.35. The first-order chi connectivity index (χ1) is 9.65. The Bertz CT molecular complexity index is 479. The van der Waals surface area contributed by atoms with Crippen molar-refractivity contribution in [1.82, 2.24) is 4.90 Å². The topological polar surface area (TPSA) is 47.7 Å². The summed E-state index contributed by atoms with van der Waals surface area (Å²) in [6.45, 7) is 5.69. The van der Waals surface area contributed by atoms with Crippen LogP contribution in [0, 0.1) is 0 Å². The van der Waals surface area contributed by atoms with E-state index < -0.39 is 0 Å². The van der Waals surface area contributed by atoms with E-state index in [1.165, 1.54) is 5.56 Å². The Balaban J connectivity index is 2.14. The zero-order valence-corrected chi connectivity index (χ0v) is 12.9. The summed E-state index contributed by atoms with van der Waals surface area (Å²) in [5, 5.41) is 0. The number of nitrogens with two attached hydrogens (primary N) is 1. The molecule has 1 atom stereocenters. The van der Waals surface area contributed by atoms with Gasteiger partial charge in [-0.15, -0.1) is 0 Å². The Labute approximate surface area is 125 Å². The van der Waals surface area contributed by atoms with E-state index >= 15 is 0 Å². The number of thiocarbonyl (C=S) groups is 1. The predicted molar refractivity (Wildman–Crippen MR) is 84.2 cm³/mol. The number of hydrogen-bond acceptors (Lipinski definition) is 4. The third kappa shape index (κ3) is 3.48. The minimum atomic E-state index is 0.367. The smallest absolute Gasteiger partial charge is 0.129 e. The molecule has 0 saturated carbocycles. The Morgan fingerprint density at radius 3 is 3.00 bits per heavy atom. The van der Waals surface area contributed by atoms with Gasteiger partial charge in [0.15, 0.2) is 0 Å². The van der Waals surface area contributed by atoms with Crippen LogP contribution in [0.2, 0.25) is 0 Å². The van der Waals surface area contributed by atoms with Crippen LogP contribution in [-0.4, -0.2) is 42.8 Å². The number of hydrogen-bond donors (Lipinski definition) is 1. The highest BCUT2D eigenvalue weighted by molar-refractivity contribution is 7.80. The Morgan fingerprint density at radius 2 is 2.35 bits per heavy atom. The maximum Gasteiger partial charge on any atom is 0.129 e. The predicted octanol–water partition coefficient (Wildman–Crippen LogP) is 1.94. The molecule has 0 aromatic heterocycles. The van der Waals surface area contributed by atoms with E-state index in [-0.39, 0.29) is 0 Å². The van der Waals surface area contributed by atoms with E-state index in [0.717, 1.165) is 44.0 Å². The summed E-state index contributed by atoms with van der Waals surface area (Å²) < 4.78 is 10.9. The summed E-state index contributed by atoms with van der Waals surface area (Å²) in [4.78, 5) is 2.82. The Morgan fingerprint density at radius 1 is 1.55 bits per heavy atom. The molecule has 1 fully saturated rings. The van der Waals surface area contributed by atoms with E-state index in [9.17, 15) is 0 Å². The molecule has 0 amide bonds. The molecule has 1 unspecified atom stereocenters. The summed E-state index contributed by atoms with van der Waals surface area (Å²) in [5.74, 6) is 0.747. The third-order valence-electron chi connectivity index (χ3n) is 3.74. The SMILES string of the molecule is CCC1COCCN1Cc1ccc(C(N)=S)c(OC)c1. The maximum atomic E-state index is 5.69. The van der Waals surface area contributed by atoms with E-state index in [1.54, 1.807) is 7.11 Å². The van der Waals surface area contributed by atoms with Gasteiger partial charge in [-0.25, -0.2) is 0 Å². The average Bonchev–Trinajstić information content (AvgIpc) is 2.47. The van der Waals surface area contributed by atoms with Crippen molar-refractivity contribution in [3.8, 4) is 5.75 Å². The quantitative estimate of drug-likeness (QED) is 0.841. The van der Waals surface area contributed by atoms with Crippen LogP contribution in [-0.2, 0) is 11.3 Å². The van der Waals surface area contributed by atoms with Crippen LogP contribution in [0.1, 0.15) is 24.5 Å². The first-order valence-electron chi connectivity index (χ1n) is 6.94. The van der Waals surface area contributed by atoms with Crippen LogP contribution in [0.4, 0.5) is 0 Å². The molecule has 20 heavy (non-hydrogen) atoms. The van der Waals surface area contributed by atoms with Gasteiger partial charge in [0.1, 0.15) is 10.7 Å². The summed E-state index contributed by atoms with van der Waals surface area (Å²) in [6.07, 6.45) is 1.10. The van der Waals surface area contributed by atoms with Gasteiger partial charge in [-0.05, 0) is 24.1 Å². The zero-order valence-electron chi connectivity index (χ0n) is 12.1. The van der Waals surface area contributed by atoms with Crippen molar-refractivity contribution in [2.24, 2.45) is 5.73 Å². The van der Waals surface area contributed by atoms with Gasteiger partial charge in [0.25, 0.3) is 0 Å². The number of ether oxygens (including phenoxy) is 2. The summed E-state index contributed by atoms with van der Waals surface area (Å²) in [6, 6.07) is 6.53. The molecule has 0 bridgehead atoms. The molecule has 4 nitrogen and oxygen atoms in total. The Hall–Kier alpha value is -1.17. The van der Waals surface area contributed by atoms with Gasteiger partial charge in [-0.1, -0.05) is 25.2 Å². The van der Waals surface area contributed by atoms with Crippen molar-refractivity contribution in [3.05, 3.63) is 29.3 Å². The Kier molecular flexibility index (Phi) is 5.34. The lowest BCUT2D eigenvalue weighted by Crippen LogP contribution is -2.44. The zero-order chi connectivity index (χ0) is 14.5. The average molecular weight is 294 g/mol. The largest absolute Gasteiger partial charge is 0.496 e.